The van der Waals surface area contributed by atoms with Crippen molar-refractivity contribution in [3.05, 3.63) is 35.4 Å². The van der Waals surface area contributed by atoms with Gasteiger partial charge in [0.25, 0.3) is 0 Å². The molecule has 102 valence electrons. The van der Waals surface area contributed by atoms with E-state index in [-0.39, 0.29) is 12.1 Å². The standard InChI is InChI=1S/C15H20N2O2/c1-11-2-4-12(5-3-11)9-17-14(10-19-15(17)18)13-6-7-16-8-13/h2-5,13-14,16H,6-10H2,1H3. The SMILES string of the molecule is Cc1ccc(CN2C(=O)OCC2C2CCNC2)cc1. The molecule has 0 spiro atoms. The van der Waals surface area contributed by atoms with Gasteiger partial charge in [0.05, 0.1) is 6.04 Å². The third-order valence-corrected chi connectivity index (χ3v) is 4.13. The third kappa shape index (κ3) is 2.59. The minimum Gasteiger partial charge on any atom is -0.447 e. The van der Waals surface area contributed by atoms with Gasteiger partial charge in [-0.1, -0.05) is 29.8 Å². The summed E-state index contributed by atoms with van der Waals surface area (Å²) in [7, 11) is 0. The van der Waals surface area contributed by atoms with Crippen LogP contribution in [-0.4, -0.2) is 36.7 Å². The highest BCUT2D eigenvalue weighted by atomic mass is 16.6. The summed E-state index contributed by atoms with van der Waals surface area (Å²) >= 11 is 0. The van der Waals surface area contributed by atoms with Crippen molar-refractivity contribution < 1.29 is 9.53 Å². The lowest BCUT2D eigenvalue weighted by molar-refractivity contribution is 0.154. The molecule has 4 heteroatoms. The van der Waals surface area contributed by atoms with E-state index in [0.29, 0.717) is 19.1 Å². The number of hydrogen-bond donors (Lipinski definition) is 1. The largest absolute Gasteiger partial charge is 0.447 e. The van der Waals surface area contributed by atoms with Gasteiger partial charge in [0.2, 0.25) is 0 Å². The summed E-state index contributed by atoms with van der Waals surface area (Å²) in [5.41, 5.74) is 2.41. The molecule has 2 atom stereocenters. The Bertz CT molecular complexity index is 452. The Labute approximate surface area is 113 Å². The first kappa shape index (κ1) is 12.5. The number of ether oxygens (including phenoxy) is 1. The van der Waals surface area contributed by atoms with Crippen LogP contribution in [0.2, 0.25) is 0 Å². The molecular weight excluding hydrogens is 240 g/mol. The monoisotopic (exact) mass is 260 g/mol. The van der Waals surface area contributed by atoms with Crippen molar-refractivity contribution in [2.75, 3.05) is 19.7 Å². The van der Waals surface area contributed by atoms with Crippen molar-refractivity contribution in [2.45, 2.75) is 25.9 Å². The van der Waals surface area contributed by atoms with E-state index in [9.17, 15) is 4.79 Å². The van der Waals surface area contributed by atoms with Crippen molar-refractivity contribution >= 4 is 6.09 Å². The highest BCUT2D eigenvalue weighted by molar-refractivity contribution is 5.70. The van der Waals surface area contributed by atoms with Gasteiger partial charge in [0, 0.05) is 13.1 Å². The lowest BCUT2D eigenvalue weighted by Gasteiger charge is -2.25. The first-order valence-corrected chi connectivity index (χ1v) is 6.94. The Morgan fingerprint density at radius 1 is 1.37 bits per heavy atom. The Balaban J connectivity index is 1.72. The predicted octanol–water partition coefficient (Wildman–Crippen LogP) is 1.93. The van der Waals surface area contributed by atoms with Gasteiger partial charge in [0.15, 0.2) is 0 Å². The smallest absolute Gasteiger partial charge is 0.410 e. The highest BCUT2D eigenvalue weighted by Gasteiger charge is 2.39. The van der Waals surface area contributed by atoms with Crippen molar-refractivity contribution in [1.29, 1.82) is 0 Å². The average Bonchev–Trinajstić information content (AvgIpc) is 3.03. The van der Waals surface area contributed by atoms with E-state index < -0.39 is 0 Å². The van der Waals surface area contributed by atoms with Crippen molar-refractivity contribution in [3.8, 4) is 0 Å². The van der Waals surface area contributed by atoms with E-state index in [1.165, 1.54) is 11.1 Å². The van der Waals surface area contributed by atoms with E-state index in [0.717, 1.165) is 19.5 Å². The molecule has 0 saturated carbocycles. The molecule has 0 aromatic heterocycles. The summed E-state index contributed by atoms with van der Waals surface area (Å²) in [6.45, 7) is 5.30. The number of nitrogens with one attached hydrogen (secondary N) is 1. The number of rotatable bonds is 3. The van der Waals surface area contributed by atoms with E-state index in [2.05, 4.69) is 36.5 Å². The van der Waals surface area contributed by atoms with Gasteiger partial charge in [-0.05, 0) is 31.4 Å². The van der Waals surface area contributed by atoms with Crippen LogP contribution in [0.25, 0.3) is 0 Å². The molecule has 19 heavy (non-hydrogen) atoms. The summed E-state index contributed by atoms with van der Waals surface area (Å²) in [6, 6.07) is 8.57. The molecule has 1 N–H and O–H groups in total. The van der Waals surface area contributed by atoms with Gasteiger partial charge in [-0.25, -0.2) is 4.79 Å². The Hall–Kier alpha value is -1.55. The second-order valence-electron chi connectivity index (χ2n) is 5.51. The lowest BCUT2D eigenvalue weighted by Crippen LogP contribution is -2.39. The number of benzene rings is 1. The molecule has 2 aliphatic rings. The fourth-order valence-electron chi connectivity index (χ4n) is 2.93. The molecule has 0 bridgehead atoms. The van der Waals surface area contributed by atoms with Gasteiger partial charge in [-0.2, -0.15) is 0 Å². The Kier molecular flexibility index (Phi) is 3.42. The fraction of sp³-hybridized carbons (Fsp3) is 0.533. The van der Waals surface area contributed by atoms with Crippen LogP contribution < -0.4 is 5.32 Å². The molecule has 2 aliphatic heterocycles. The van der Waals surface area contributed by atoms with Crippen molar-refractivity contribution in [3.63, 3.8) is 0 Å². The predicted molar refractivity (Wildman–Crippen MR) is 72.8 cm³/mol. The minimum atomic E-state index is -0.169. The van der Waals surface area contributed by atoms with Crippen LogP contribution in [-0.2, 0) is 11.3 Å². The third-order valence-electron chi connectivity index (χ3n) is 4.13. The molecule has 1 aromatic carbocycles. The van der Waals surface area contributed by atoms with Crippen LogP contribution >= 0.6 is 0 Å². The molecule has 2 saturated heterocycles. The topological polar surface area (TPSA) is 41.6 Å². The van der Waals surface area contributed by atoms with Gasteiger partial charge in [-0.3, -0.25) is 4.90 Å². The fourth-order valence-corrected chi connectivity index (χ4v) is 2.93. The molecule has 4 nitrogen and oxygen atoms in total. The summed E-state index contributed by atoms with van der Waals surface area (Å²) in [5, 5.41) is 3.36. The molecule has 0 radical (unpaired) electrons. The van der Waals surface area contributed by atoms with Crippen LogP contribution in [0.1, 0.15) is 17.5 Å². The normalized spacial score (nSPS) is 26.8. The number of carbonyl (C=O) groups is 1. The number of carbonyl (C=O) groups excluding carboxylic acids is 1. The molecule has 2 heterocycles. The van der Waals surface area contributed by atoms with E-state index in [1.54, 1.807) is 0 Å². The number of amides is 1. The molecule has 2 fully saturated rings. The molecule has 1 aromatic rings. The second-order valence-corrected chi connectivity index (χ2v) is 5.51. The zero-order valence-corrected chi connectivity index (χ0v) is 11.3. The van der Waals surface area contributed by atoms with Gasteiger partial charge in [0.1, 0.15) is 6.61 Å². The van der Waals surface area contributed by atoms with Crippen molar-refractivity contribution in [2.24, 2.45) is 5.92 Å². The summed E-state index contributed by atoms with van der Waals surface area (Å²) in [5.74, 6) is 0.525. The van der Waals surface area contributed by atoms with Crippen LogP contribution in [0.5, 0.6) is 0 Å². The van der Waals surface area contributed by atoms with Crippen LogP contribution in [0.3, 0.4) is 0 Å². The highest BCUT2D eigenvalue weighted by Crippen LogP contribution is 2.26. The first-order valence-electron chi connectivity index (χ1n) is 6.94. The zero-order valence-electron chi connectivity index (χ0n) is 11.3. The maximum Gasteiger partial charge on any atom is 0.410 e. The number of nitrogens with zero attached hydrogens (tertiary/aromatic N) is 1. The number of cyclic esters (lactones) is 1. The maximum atomic E-state index is 11.9. The van der Waals surface area contributed by atoms with Gasteiger partial charge < -0.3 is 10.1 Å². The number of aryl methyl sites for hydroxylation is 1. The number of hydrogen-bond acceptors (Lipinski definition) is 3. The molecule has 1 amide bonds. The molecule has 0 aliphatic carbocycles. The maximum absolute atomic E-state index is 11.9. The van der Waals surface area contributed by atoms with E-state index >= 15 is 0 Å². The Morgan fingerprint density at radius 3 is 2.84 bits per heavy atom. The van der Waals surface area contributed by atoms with Gasteiger partial charge in [-0.15, -0.1) is 0 Å². The van der Waals surface area contributed by atoms with Crippen LogP contribution in [0.4, 0.5) is 4.79 Å². The second kappa shape index (κ2) is 5.21. The van der Waals surface area contributed by atoms with Gasteiger partial charge >= 0.3 is 6.09 Å². The van der Waals surface area contributed by atoms with Crippen LogP contribution in [0, 0.1) is 12.8 Å². The summed E-state index contributed by atoms with van der Waals surface area (Å²) in [6.07, 6.45) is 0.962. The Morgan fingerprint density at radius 2 is 2.16 bits per heavy atom. The lowest BCUT2D eigenvalue weighted by atomic mass is 9.98. The molecular formula is C15H20N2O2. The first-order chi connectivity index (χ1) is 9.24. The van der Waals surface area contributed by atoms with E-state index in [1.807, 2.05) is 4.90 Å². The van der Waals surface area contributed by atoms with E-state index in [4.69, 9.17) is 4.74 Å². The average molecular weight is 260 g/mol. The minimum absolute atomic E-state index is 0.169. The molecule has 3 rings (SSSR count). The van der Waals surface area contributed by atoms with Crippen LogP contribution in [0.15, 0.2) is 24.3 Å². The quantitative estimate of drug-likeness (QED) is 0.903. The summed E-state index contributed by atoms with van der Waals surface area (Å²) in [4.78, 5) is 13.8. The summed E-state index contributed by atoms with van der Waals surface area (Å²) < 4.78 is 5.25. The zero-order chi connectivity index (χ0) is 13.2. The molecule has 2 unspecified atom stereocenters. The van der Waals surface area contributed by atoms with Crippen molar-refractivity contribution in [1.82, 2.24) is 10.2 Å².